The van der Waals surface area contributed by atoms with E-state index >= 15 is 0 Å². The molecule has 23 heavy (non-hydrogen) atoms. The van der Waals surface area contributed by atoms with Gasteiger partial charge in [0.05, 0.1) is 6.54 Å². The zero-order valence-electron chi connectivity index (χ0n) is 14.7. The maximum absolute atomic E-state index is 12.0. The van der Waals surface area contributed by atoms with Gasteiger partial charge in [0, 0.05) is 12.7 Å². The molecule has 0 bridgehead atoms. The number of aliphatic carboxylic acids is 1. The van der Waals surface area contributed by atoms with Gasteiger partial charge in [-0.2, -0.15) is 0 Å². The molecule has 130 valence electrons. The number of rotatable bonds is 6. The molecule has 1 atom stereocenters. The van der Waals surface area contributed by atoms with Crippen molar-refractivity contribution >= 4 is 12.1 Å². The van der Waals surface area contributed by atoms with Gasteiger partial charge in [0.15, 0.2) is 0 Å². The first-order chi connectivity index (χ1) is 10.6. The van der Waals surface area contributed by atoms with E-state index in [2.05, 4.69) is 6.08 Å². The van der Waals surface area contributed by atoms with Gasteiger partial charge < -0.3 is 9.84 Å². The van der Waals surface area contributed by atoms with Crippen LogP contribution in [0.5, 0.6) is 0 Å². The van der Waals surface area contributed by atoms with Crippen LogP contribution < -0.4 is 0 Å². The molecule has 1 rings (SSSR count). The molecule has 1 amide bonds. The summed E-state index contributed by atoms with van der Waals surface area (Å²) < 4.78 is 5.35. The molecule has 0 aromatic heterocycles. The summed E-state index contributed by atoms with van der Waals surface area (Å²) in [6, 6.07) is 0. The zero-order chi connectivity index (χ0) is 17.6. The number of allylic oxidation sites excluding steroid dienone is 3. The highest BCUT2D eigenvalue weighted by Gasteiger charge is 2.22. The summed E-state index contributed by atoms with van der Waals surface area (Å²) in [6.07, 6.45) is 7.37. The first kappa shape index (κ1) is 19.2. The fourth-order valence-corrected chi connectivity index (χ4v) is 2.25. The van der Waals surface area contributed by atoms with Crippen molar-refractivity contribution in [3.05, 3.63) is 23.9 Å². The summed E-state index contributed by atoms with van der Waals surface area (Å²) in [5.74, 6) is -0.449. The Bertz CT molecular complexity index is 491. The largest absolute Gasteiger partial charge is 0.480 e. The number of carbonyl (C=O) groups is 2. The molecule has 0 heterocycles. The molecule has 6 heteroatoms. The summed E-state index contributed by atoms with van der Waals surface area (Å²) in [5.41, 5.74) is 0.316. The van der Waals surface area contributed by atoms with Crippen LogP contribution in [0.3, 0.4) is 0 Å². The molecule has 0 aliphatic heterocycles. The molecule has 0 saturated heterocycles. The summed E-state index contributed by atoms with van der Waals surface area (Å²) in [6.45, 7) is 6.31. The van der Waals surface area contributed by atoms with Gasteiger partial charge in [-0.25, -0.2) is 4.79 Å². The van der Waals surface area contributed by atoms with Crippen LogP contribution in [0.15, 0.2) is 23.9 Å². The van der Waals surface area contributed by atoms with E-state index in [1.165, 1.54) is 4.90 Å². The van der Waals surface area contributed by atoms with Gasteiger partial charge in [-0.3, -0.25) is 14.6 Å². The Hall–Kier alpha value is -1.82. The molecule has 6 nitrogen and oxygen atoms in total. The van der Waals surface area contributed by atoms with Crippen LogP contribution in [-0.2, 0) is 9.53 Å². The number of carboxylic acids is 1. The van der Waals surface area contributed by atoms with E-state index in [-0.39, 0.29) is 12.6 Å². The number of ether oxygens (including phenoxy) is 1. The second-order valence-corrected chi connectivity index (χ2v) is 6.94. The van der Waals surface area contributed by atoms with Crippen molar-refractivity contribution in [3.8, 4) is 0 Å². The molecule has 0 spiro atoms. The highest BCUT2D eigenvalue weighted by molar-refractivity contribution is 5.71. The first-order valence-electron chi connectivity index (χ1n) is 7.84. The lowest BCUT2D eigenvalue weighted by Gasteiger charge is -2.27. The highest BCUT2D eigenvalue weighted by Crippen LogP contribution is 2.22. The van der Waals surface area contributed by atoms with Crippen molar-refractivity contribution in [2.24, 2.45) is 5.92 Å². The highest BCUT2D eigenvalue weighted by atomic mass is 16.6. The van der Waals surface area contributed by atoms with Crippen LogP contribution in [0.1, 0.15) is 33.6 Å². The maximum atomic E-state index is 12.0. The van der Waals surface area contributed by atoms with Gasteiger partial charge >= 0.3 is 12.1 Å². The van der Waals surface area contributed by atoms with E-state index in [0.717, 1.165) is 25.1 Å². The minimum atomic E-state index is -0.812. The number of carbonyl (C=O) groups excluding carboxylic acids is 1. The monoisotopic (exact) mass is 324 g/mol. The molecule has 0 aromatic carbocycles. The van der Waals surface area contributed by atoms with Gasteiger partial charge in [0.2, 0.25) is 0 Å². The van der Waals surface area contributed by atoms with Crippen molar-refractivity contribution in [1.82, 2.24) is 9.80 Å². The standard InChI is InChI=1S/C17H28N2O4/c1-17(2,3)23-16(22)19(5)14-8-6-13(7-9-14)10-11-18(4)12-15(20)21/h6,8-9,13H,7,10-12H2,1-5H3,(H,20,21). The molecular formula is C17H28N2O4. The van der Waals surface area contributed by atoms with Crippen LogP contribution >= 0.6 is 0 Å². The molecule has 1 N–H and O–H groups in total. The quantitative estimate of drug-likeness (QED) is 0.813. The molecule has 1 aliphatic carbocycles. The lowest BCUT2D eigenvalue weighted by molar-refractivity contribution is -0.138. The van der Waals surface area contributed by atoms with Crippen LogP contribution in [0, 0.1) is 5.92 Å². The second kappa shape index (κ2) is 8.15. The molecule has 1 unspecified atom stereocenters. The van der Waals surface area contributed by atoms with Crippen LogP contribution in [0.2, 0.25) is 0 Å². The van der Waals surface area contributed by atoms with Crippen LogP contribution in [0.25, 0.3) is 0 Å². The molecule has 0 saturated carbocycles. The zero-order valence-corrected chi connectivity index (χ0v) is 14.7. The molecule has 0 radical (unpaired) electrons. The Labute approximate surface area is 138 Å². The predicted octanol–water partition coefficient (Wildman–Crippen LogP) is 2.72. The Balaban J connectivity index is 2.45. The van der Waals surface area contributed by atoms with E-state index in [0.29, 0.717) is 5.92 Å². The summed E-state index contributed by atoms with van der Waals surface area (Å²) >= 11 is 0. The minimum absolute atomic E-state index is 0.0545. The number of nitrogens with zero attached hydrogens (tertiary/aromatic N) is 2. The lowest BCUT2D eigenvalue weighted by Crippen LogP contribution is -2.33. The van der Waals surface area contributed by atoms with Gasteiger partial charge in [0.25, 0.3) is 0 Å². The van der Waals surface area contributed by atoms with E-state index in [4.69, 9.17) is 9.84 Å². The summed E-state index contributed by atoms with van der Waals surface area (Å²) in [4.78, 5) is 26.0. The third-order valence-electron chi connectivity index (χ3n) is 3.51. The number of hydrogen-bond acceptors (Lipinski definition) is 4. The minimum Gasteiger partial charge on any atom is -0.480 e. The van der Waals surface area contributed by atoms with Crippen molar-refractivity contribution < 1.29 is 19.4 Å². The summed E-state index contributed by atoms with van der Waals surface area (Å²) in [5, 5.41) is 8.73. The first-order valence-corrected chi connectivity index (χ1v) is 7.84. The average molecular weight is 324 g/mol. The van der Waals surface area contributed by atoms with E-state index < -0.39 is 11.6 Å². The molecule has 0 aromatic rings. The fourth-order valence-electron chi connectivity index (χ4n) is 2.25. The van der Waals surface area contributed by atoms with Crippen LogP contribution in [-0.4, -0.2) is 59.8 Å². The Morgan fingerprint density at radius 1 is 1.35 bits per heavy atom. The predicted molar refractivity (Wildman–Crippen MR) is 89.1 cm³/mol. The van der Waals surface area contributed by atoms with Crippen molar-refractivity contribution in [3.63, 3.8) is 0 Å². The number of amides is 1. The smallest absolute Gasteiger partial charge is 0.414 e. The van der Waals surface area contributed by atoms with E-state index in [9.17, 15) is 9.59 Å². The van der Waals surface area contributed by atoms with Gasteiger partial charge in [-0.15, -0.1) is 0 Å². The third kappa shape index (κ3) is 7.32. The average Bonchev–Trinajstić information content (AvgIpc) is 2.42. The second-order valence-electron chi connectivity index (χ2n) is 6.94. The topological polar surface area (TPSA) is 70.1 Å². The van der Waals surface area contributed by atoms with Gasteiger partial charge in [0.1, 0.15) is 5.60 Å². The van der Waals surface area contributed by atoms with Crippen molar-refractivity contribution in [1.29, 1.82) is 0 Å². The third-order valence-corrected chi connectivity index (χ3v) is 3.51. The van der Waals surface area contributed by atoms with Gasteiger partial charge in [-0.05, 0) is 59.2 Å². The lowest BCUT2D eigenvalue weighted by atomic mass is 9.95. The number of carboxylic acid groups (broad SMARTS) is 1. The van der Waals surface area contributed by atoms with Crippen molar-refractivity contribution in [2.75, 3.05) is 27.2 Å². The molecular weight excluding hydrogens is 296 g/mol. The Morgan fingerprint density at radius 3 is 2.48 bits per heavy atom. The Morgan fingerprint density at radius 2 is 2.00 bits per heavy atom. The number of hydrogen-bond donors (Lipinski definition) is 1. The number of likely N-dealkylation sites (N-methyl/N-ethyl adjacent to an activating group) is 2. The SMILES string of the molecule is CN(CCC1C=CC(N(C)C(=O)OC(C)(C)C)=CC1)CC(=O)O. The van der Waals surface area contributed by atoms with Crippen LogP contribution in [0.4, 0.5) is 4.79 Å². The van der Waals surface area contributed by atoms with E-state index in [1.807, 2.05) is 32.9 Å². The molecule has 0 fully saturated rings. The van der Waals surface area contributed by atoms with Crippen molar-refractivity contribution in [2.45, 2.75) is 39.2 Å². The van der Waals surface area contributed by atoms with Gasteiger partial charge in [-0.1, -0.05) is 12.2 Å². The maximum Gasteiger partial charge on any atom is 0.414 e. The Kier molecular flexibility index (Phi) is 6.81. The molecule has 1 aliphatic rings. The van der Waals surface area contributed by atoms with E-state index in [1.54, 1.807) is 19.0 Å². The summed E-state index contributed by atoms with van der Waals surface area (Å²) in [7, 11) is 3.50. The normalized spacial score (nSPS) is 17.8. The fraction of sp³-hybridized carbons (Fsp3) is 0.647.